The number of aromatic nitrogens is 4. The summed E-state index contributed by atoms with van der Waals surface area (Å²) in [6.45, 7) is 0. The number of amides is 1. The molecule has 2 aromatic carbocycles. The van der Waals surface area contributed by atoms with Gasteiger partial charge in [-0.1, -0.05) is 41.6 Å². The SMILES string of the molecule is N#CCSc1ccccc1NC(=O)CSc1nc2c(cnn2-c2cccc(Cl)c2)c(=O)[nH]1. The molecule has 160 valence electrons. The Hall–Kier alpha value is -3.26. The van der Waals surface area contributed by atoms with Gasteiger partial charge in [-0.2, -0.15) is 10.4 Å². The van der Waals surface area contributed by atoms with Crippen LogP contribution in [-0.4, -0.2) is 37.2 Å². The topological polar surface area (TPSA) is 116 Å². The second-order valence-electron chi connectivity index (χ2n) is 6.42. The molecule has 0 aliphatic rings. The first-order valence-corrected chi connectivity index (χ1v) is 11.7. The van der Waals surface area contributed by atoms with Crippen molar-refractivity contribution >= 4 is 57.8 Å². The van der Waals surface area contributed by atoms with Crippen LogP contribution in [0, 0.1) is 11.3 Å². The molecular weight excluding hydrogens is 468 g/mol. The monoisotopic (exact) mass is 482 g/mol. The summed E-state index contributed by atoms with van der Waals surface area (Å²) < 4.78 is 1.53. The maximum Gasteiger partial charge on any atom is 0.262 e. The number of nitriles is 1. The third-order valence-corrected chi connectivity index (χ3v) is 6.31. The number of thioether (sulfide) groups is 2. The van der Waals surface area contributed by atoms with Crippen molar-refractivity contribution in [2.24, 2.45) is 0 Å². The first-order valence-electron chi connectivity index (χ1n) is 9.30. The Kier molecular flexibility index (Phi) is 6.80. The first-order chi connectivity index (χ1) is 15.5. The van der Waals surface area contributed by atoms with Crippen LogP contribution in [0.3, 0.4) is 0 Å². The van der Waals surface area contributed by atoms with Gasteiger partial charge in [0.1, 0.15) is 5.39 Å². The van der Waals surface area contributed by atoms with E-state index in [1.165, 1.54) is 22.6 Å². The smallest absolute Gasteiger partial charge is 0.262 e. The largest absolute Gasteiger partial charge is 0.324 e. The Morgan fingerprint density at radius 3 is 2.88 bits per heavy atom. The number of nitrogens with one attached hydrogen (secondary N) is 2. The highest BCUT2D eigenvalue weighted by Crippen LogP contribution is 2.27. The standard InChI is InChI=1S/C21H15ClN6O2S2/c22-13-4-3-5-14(10-13)28-19-15(11-24-28)20(30)27-21(26-19)32-12-18(29)25-16-6-1-2-7-17(16)31-9-8-23/h1-7,10-11H,9,12H2,(H,25,29)(H,26,27,30). The van der Waals surface area contributed by atoms with E-state index >= 15 is 0 Å². The van der Waals surface area contributed by atoms with Crippen molar-refractivity contribution in [2.45, 2.75) is 10.1 Å². The normalized spacial score (nSPS) is 10.8. The van der Waals surface area contributed by atoms with E-state index in [4.69, 9.17) is 16.9 Å². The van der Waals surface area contributed by atoms with Crippen molar-refractivity contribution in [3.63, 3.8) is 0 Å². The summed E-state index contributed by atoms with van der Waals surface area (Å²) >= 11 is 8.52. The second kappa shape index (κ2) is 9.91. The Labute approximate surface area is 196 Å². The molecule has 8 nitrogen and oxygen atoms in total. The minimum absolute atomic E-state index is 0.0387. The van der Waals surface area contributed by atoms with Gasteiger partial charge >= 0.3 is 0 Å². The Morgan fingerprint density at radius 2 is 2.06 bits per heavy atom. The molecule has 0 spiro atoms. The van der Waals surface area contributed by atoms with E-state index in [0.717, 1.165) is 16.7 Å². The molecule has 2 N–H and O–H groups in total. The van der Waals surface area contributed by atoms with Crippen molar-refractivity contribution in [1.29, 1.82) is 5.26 Å². The summed E-state index contributed by atoms with van der Waals surface area (Å²) in [5.74, 6) is 0.0653. The number of benzene rings is 2. The summed E-state index contributed by atoms with van der Waals surface area (Å²) in [7, 11) is 0. The van der Waals surface area contributed by atoms with Gasteiger partial charge in [-0.25, -0.2) is 9.67 Å². The summed E-state index contributed by atoms with van der Waals surface area (Å²) in [4.78, 5) is 32.9. The predicted octanol–water partition coefficient (Wildman–Crippen LogP) is 4.11. The van der Waals surface area contributed by atoms with Crippen LogP contribution >= 0.6 is 35.1 Å². The number of para-hydroxylation sites is 1. The van der Waals surface area contributed by atoms with Crippen molar-refractivity contribution in [3.8, 4) is 11.8 Å². The molecule has 32 heavy (non-hydrogen) atoms. The summed E-state index contributed by atoms with van der Waals surface area (Å²) in [5.41, 5.74) is 1.33. The van der Waals surface area contributed by atoms with E-state index in [9.17, 15) is 9.59 Å². The average molecular weight is 483 g/mol. The third-order valence-electron chi connectivity index (χ3n) is 4.26. The lowest BCUT2D eigenvalue weighted by Gasteiger charge is -2.09. The number of hydrogen-bond acceptors (Lipinski definition) is 7. The molecule has 0 saturated carbocycles. The van der Waals surface area contributed by atoms with Crippen LogP contribution in [0.1, 0.15) is 0 Å². The highest BCUT2D eigenvalue weighted by molar-refractivity contribution is 8.00. The fourth-order valence-electron chi connectivity index (χ4n) is 2.89. The molecule has 0 aliphatic heterocycles. The van der Waals surface area contributed by atoms with Crippen LogP contribution in [0.5, 0.6) is 0 Å². The van der Waals surface area contributed by atoms with Crippen molar-refractivity contribution in [2.75, 3.05) is 16.8 Å². The minimum Gasteiger partial charge on any atom is -0.324 e. The number of rotatable bonds is 7. The molecule has 4 rings (SSSR count). The van der Waals surface area contributed by atoms with Crippen molar-refractivity contribution in [1.82, 2.24) is 19.7 Å². The lowest BCUT2D eigenvalue weighted by Crippen LogP contribution is -2.16. The molecule has 11 heteroatoms. The lowest BCUT2D eigenvalue weighted by atomic mass is 10.3. The van der Waals surface area contributed by atoms with Gasteiger partial charge in [-0.3, -0.25) is 9.59 Å². The summed E-state index contributed by atoms with van der Waals surface area (Å²) in [5, 5.41) is 17.1. The van der Waals surface area contributed by atoms with Crippen LogP contribution in [0.2, 0.25) is 5.02 Å². The molecule has 0 bridgehead atoms. The maximum absolute atomic E-state index is 12.5. The van der Waals surface area contributed by atoms with Crippen LogP contribution in [0.4, 0.5) is 5.69 Å². The molecule has 0 fully saturated rings. The number of halogens is 1. The molecule has 0 radical (unpaired) electrons. The van der Waals surface area contributed by atoms with E-state index in [1.54, 1.807) is 24.3 Å². The predicted molar refractivity (Wildman–Crippen MR) is 127 cm³/mol. The van der Waals surface area contributed by atoms with Crippen LogP contribution in [-0.2, 0) is 4.79 Å². The lowest BCUT2D eigenvalue weighted by molar-refractivity contribution is -0.113. The quantitative estimate of drug-likeness (QED) is 0.300. The highest BCUT2D eigenvalue weighted by atomic mass is 35.5. The second-order valence-corrected chi connectivity index (χ2v) is 8.84. The van der Waals surface area contributed by atoms with Crippen molar-refractivity contribution < 1.29 is 4.79 Å². The van der Waals surface area contributed by atoms with Gasteiger partial charge in [0.05, 0.1) is 35.1 Å². The van der Waals surface area contributed by atoms with Crippen molar-refractivity contribution in [3.05, 3.63) is 70.1 Å². The zero-order valence-corrected chi connectivity index (χ0v) is 18.8. The number of fused-ring (bicyclic) bond motifs is 1. The number of aromatic amines is 1. The van der Waals surface area contributed by atoms with E-state index in [2.05, 4.69) is 26.5 Å². The number of H-pyrrole nitrogens is 1. The average Bonchev–Trinajstić information content (AvgIpc) is 3.22. The van der Waals surface area contributed by atoms with Gasteiger partial charge in [0.2, 0.25) is 5.91 Å². The van der Waals surface area contributed by atoms with E-state index in [0.29, 0.717) is 32.6 Å². The number of carbonyl (C=O) groups excluding carboxylic acids is 1. The fraction of sp³-hybridized carbons (Fsp3) is 0.0952. The summed E-state index contributed by atoms with van der Waals surface area (Å²) in [6.07, 6.45) is 1.44. The van der Waals surface area contributed by atoms with Gasteiger partial charge in [-0.15, -0.1) is 11.8 Å². The number of nitrogens with zero attached hydrogens (tertiary/aromatic N) is 4. The Balaban J connectivity index is 1.52. The highest BCUT2D eigenvalue weighted by Gasteiger charge is 2.14. The van der Waals surface area contributed by atoms with Gasteiger partial charge in [0.15, 0.2) is 10.8 Å². The minimum atomic E-state index is -0.343. The van der Waals surface area contributed by atoms with Crippen LogP contribution in [0.25, 0.3) is 16.7 Å². The first kappa shape index (κ1) is 22.0. The van der Waals surface area contributed by atoms with Gasteiger partial charge in [0, 0.05) is 9.92 Å². The van der Waals surface area contributed by atoms with Gasteiger partial charge < -0.3 is 10.3 Å². The molecule has 0 saturated heterocycles. The Bertz CT molecular complexity index is 1400. The molecule has 2 aromatic heterocycles. The number of carbonyl (C=O) groups is 1. The fourth-order valence-corrected chi connectivity index (χ4v) is 4.40. The Morgan fingerprint density at radius 1 is 1.22 bits per heavy atom. The van der Waals surface area contributed by atoms with E-state index in [-0.39, 0.29) is 23.0 Å². The van der Waals surface area contributed by atoms with Gasteiger partial charge in [0.25, 0.3) is 5.56 Å². The zero-order chi connectivity index (χ0) is 22.5. The van der Waals surface area contributed by atoms with Gasteiger partial charge in [-0.05, 0) is 30.3 Å². The third kappa shape index (κ3) is 4.96. The van der Waals surface area contributed by atoms with E-state index in [1.807, 2.05) is 24.3 Å². The number of anilines is 1. The summed E-state index contributed by atoms with van der Waals surface area (Å²) in [6, 6.07) is 16.4. The van der Waals surface area contributed by atoms with Crippen LogP contribution < -0.4 is 10.9 Å². The number of hydrogen-bond donors (Lipinski definition) is 2. The zero-order valence-electron chi connectivity index (χ0n) is 16.4. The molecule has 0 atom stereocenters. The van der Waals surface area contributed by atoms with Crippen LogP contribution in [0.15, 0.2) is 69.6 Å². The molecule has 0 unspecified atom stereocenters. The molecule has 4 aromatic rings. The maximum atomic E-state index is 12.5. The molecule has 0 aliphatic carbocycles. The molecule has 1 amide bonds. The molecular formula is C21H15ClN6O2S2. The molecule has 2 heterocycles. The van der Waals surface area contributed by atoms with E-state index < -0.39 is 0 Å².